The molecule has 2 aromatic rings. The van der Waals surface area contributed by atoms with Gasteiger partial charge in [-0.05, 0) is 12.5 Å². The van der Waals surface area contributed by atoms with E-state index in [4.69, 9.17) is 11.6 Å². The number of aryl methyl sites for hydroxylation is 1. The van der Waals surface area contributed by atoms with Gasteiger partial charge in [0.15, 0.2) is 0 Å². The first-order valence-corrected chi connectivity index (χ1v) is 5.31. The highest BCUT2D eigenvalue weighted by Crippen LogP contribution is 2.32. The predicted octanol–water partition coefficient (Wildman–Crippen LogP) is 4.09. The SMILES string of the molecule is Cc1cccc2c(F)c(CCl)sc12. The van der Waals surface area contributed by atoms with E-state index in [1.165, 1.54) is 11.3 Å². The minimum Gasteiger partial charge on any atom is -0.205 e. The summed E-state index contributed by atoms with van der Waals surface area (Å²) < 4.78 is 14.5. The van der Waals surface area contributed by atoms with E-state index in [-0.39, 0.29) is 11.7 Å². The van der Waals surface area contributed by atoms with Crippen LogP contribution in [0.2, 0.25) is 0 Å². The second-order valence-electron chi connectivity index (χ2n) is 2.92. The van der Waals surface area contributed by atoms with Crippen LogP contribution in [0.25, 0.3) is 10.1 Å². The Kier molecular flexibility index (Phi) is 2.26. The van der Waals surface area contributed by atoms with Gasteiger partial charge in [0.2, 0.25) is 0 Å². The van der Waals surface area contributed by atoms with E-state index in [0.717, 1.165) is 10.3 Å². The van der Waals surface area contributed by atoms with Crippen LogP contribution in [0.1, 0.15) is 10.4 Å². The monoisotopic (exact) mass is 214 g/mol. The van der Waals surface area contributed by atoms with Crippen LogP contribution in [0.5, 0.6) is 0 Å². The molecular formula is C10H8ClFS. The fourth-order valence-electron chi connectivity index (χ4n) is 1.36. The van der Waals surface area contributed by atoms with E-state index in [9.17, 15) is 4.39 Å². The summed E-state index contributed by atoms with van der Waals surface area (Å²) in [5, 5.41) is 0.695. The van der Waals surface area contributed by atoms with Gasteiger partial charge in [-0.15, -0.1) is 22.9 Å². The van der Waals surface area contributed by atoms with Gasteiger partial charge >= 0.3 is 0 Å². The summed E-state index contributed by atoms with van der Waals surface area (Å²) in [6, 6.07) is 5.64. The van der Waals surface area contributed by atoms with E-state index in [2.05, 4.69) is 0 Å². The smallest absolute Gasteiger partial charge is 0.146 e. The van der Waals surface area contributed by atoms with Crippen molar-refractivity contribution in [2.24, 2.45) is 0 Å². The van der Waals surface area contributed by atoms with Crippen LogP contribution in [-0.2, 0) is 5.88 Å². The maximum absolute atomic E-state index is 13.5. The Morgan fingerprint density at radius 1 is 1.46 bits per heavy atom. The van der Waals surface area contributed by atoms with Crippen molar-refractivity contribution in [2.75, 3.05) is 0 Å². The van der Waals surface area contributed by atoms with Gasteiger partial charge in [0.05, 0.1) is 10.8 Å². The molecule has 0 aliphatic carbocycles. The Labute approximate surface area is 85.0 Å². The van der Waals surface area contributed by atoms with Crippen molar-refractivity contribution in [1.29, 1.82) is 0 Å². The molecule has 0 bridgehead atoms. The lowest BCUT2D eigenvalue weighted by Crippen LogP contribution is -1.76. The van der Waals surface area contributed by atoms with Crippen molar-refractivity contribution in [3.8, 4) is 0 Å². The molecule has 0 nitrogen and oxygen atoms in total. The first kappa shape index (κ1) is 8.97. The Balaban J connectivity index is 2.83. The molecule has 1 aromatic heterocycles. The number of rotatable bonds is 1. The summed E-state index contributed by atoms with van der Waals surface area (Å²) in [5.74, 6) is 0.101. The van der Waals surface area contributed by atoms with Crippen molar-refractivity contribution in [2.45, 2.75) is 12.8 Å². The molecule has 1 aromatic carbocycles. The van der Waals surface area contributed by atoms with Crippen LogP contribution < -0.4 is 0 Å². The van der Waals surface area contributed by atoms with Crippen LogP contribution >= 0.6 is 22.9 Å². The summed E-state index contributed by atoms with van der Waals surface area (Å²) in [6.07, 6.45) is 0. The highest BCUT2D eigenvalue weighted by atomic mass is 35.5. The van der Waals surface area contributed by atoms with Gasteiger partial charge in [-0.2, -0.15) is 0 Å². The molecule has 0 aliphatic rings. The lowest BCUT2D eigenvalue weighted by atomic mass is 10.2. The van der Waals surface area contributed by atoms with Crippen molar-refractivity contribution in [1.82, 2.24) is 0 Å². The summed E-state index contributed by atoms with van der Waals surface area (Å²) in [6.45, 7) is 1.98. The van der Waals surface area contributed by atoms with E-state index in [1.54, 1.807) is 6.07 Å². The predicted molar refractivity (Wildman–Crippen MR) is 56.1 cm³/mol. The Morgan fingerprint density at radius 3 is 2.85 bits per heavy atom. The van der Waals surface area contributed by atoms with Crippen LogP contribution in [0, 0.1) is 12.7 Å². The Morgan fingerprint density at radius 2 is 2.23 bits per heavy atom. The first-order chi connectivity index (χ1) is 6.24. The van der Waals surface area contributed by atoms with Gasteiger partial charge in [0, 0.05) is 10.1 Å². The third-order valence-corrected chi connectivity index (χ3v) is 3.78. The van der Waals surface area contributed by atoms with Crippen molar-refractivity contribution < 1.29 is 4.39 Å². The second kappa shape index (κ2) is 3.28. The van der Waals surface area contributed by atoms with Crippen LogP contribution in [0.3, 0.4) is 0 Å². The minimum atomic E-state index is -0.154. The molecule has 0 saturated carbocycles. The Hall–Kier alpha value is -0.600. The standard InChI is InChI=1S/C10H8ClFS/c1-6-3-2-4-7-9(12)8(5-11)13-10(6)7/h2-4H,5H2,1H3. The van der Waals surface area contributed by atoms with Gasteiger partial charge in [-0.25, -0.2) is 4.39 Å². The van der Waals surface area contributed by atoms with Crippen molar-refractivity contribution in [3.05, 3.63) is 34.5 Å². The zero-order valence-electron chi connectivity index (χ0n) is 7.10. The zero-order chi connectivity index (χ0) is 9.42. The van der Waals surface area contributed by atoms with Gasteiger partial charge in [-0.1, -0.05) is 18.2 Å². The molecule has 0 radical (unpaired) electrons. The molecule has 0 unspecified atom stereocenters. The molecule has 3 heteroatoms. The second-order valence-corrected chi connectivity index (χ2v) is 4.30. The number of benzene rings is 1. The fourth-order valence-corrected chi connectivity index (χ4v) is 2.64. The van der Waals surface area contributed by atoms with Crippen molar-refractivity contribution >= 4 is 33.0 Å². The molecule has 0 spiro atoms. The zero-order valence-corrected chi connectivity index (χ0v) is 8.68. The normalized spacial score (nSPS) is 11.0. The van der Waals surface area contributed by atoms with Gasteiger partial charge < -0.3 is 0 Å². The minimum absolute atomic E-state index is 0.154. The molecule has 68 valence electrons. The molecular weight excluding hydrogens is 207 g/mol. The molecule has 2 rings (SSSR count). The first-order valence-electron chi connectivity index (χ1n) is 3.96. The molecule has 1 heterocycles. The maximum atomic E-state index is 13.5. The molecule has 13 heavy (non-hydrogen) atoms. The number of hydrogen-bond acceptors (Lipinski definition) is 1. The molecule has 0 amide bonds. The number of halogens is 2. The lowest BCUT2D eigenvalue weighted by molar-refractivity contribution is 0.635. The summed E-state index contributed by atoms with van der Waals surface area (Å²) >= 11 is 7.07. The lowest BCUT2D eigenvalue weighted by Gasteiger charge is -1.92. The highest BCUT2D eigenvalue weighted by molar-refractivity contribution is 7.19. The molecule has 0 atom stereocenters. The maximum Gasteiger partial charge on any atom is 0.146 e. The average molecular weight is 215 g/mol. The quantitative estimate of drug-likeness (QED) is 0.628. The average Bonchev–Trinajstić information content (AvgIpc) is 2.45. The largest absolute Gasteiger partial charge is 0.205 e. The number of hydrogen-bond donors (Lipinski definition) is 0. The van der Waals surface area contributed by atoms with Gasteiger partial charge in [-0.3, -0.25) is 0 Å². The summed E-state index contributed by atoms with van der Waals surface area (Å²) in [4.78, 5) is 0.631. The van der Waals surface area contributed by atoms with E-state index in [0.29, 0.717) is 10.3 Å². The van der Waals surface area contributed by atoms with Gasteiger partial charge in [0.1, 0.15) is 5.82 Å². The van der Waals surface area contributed by atoms with Crippen LogP contribution in [0.15, 0.2) is 18.2 Å². The summed E-state index contributed by atoms with van der Waals surface area (Å²) in [7, 11) is 0. The third kappa shape index (κ3) is 1.34. The molecule has 0 saturated heterocycles. The third-order valence-electron chi connectivity index (χ3n) is 2.04. The molecule has 0 fully saturated rings. The van der Waals surface area contributed by atoms with E-state index >= 15 is 0 Å². The van der Waals surface area contributed by atoms with E-state index in [1.807, 2.05) is 19.1 Å². The van der Waals surface area contributed by atoms with E-state index < -0.39 is 0 Å². The topological polar surface area (TPSA) is 0 Å². The van der Waals surface area contributed by atoms with Crippen LogP contribution in [-0.4, -0.2) is 0 Å². The molecule has 0 aliphatic heterocycles. The summed E-state index contributed by atoms with van der Waals surface area (Å²) in [5.41, 5.74) is 1.11. The number of alkyl halides is 1. The van der Waals surface area contributed by atoms with Gasteiger partial charge in [0.25, 0.3) is 0 Å². The van der Waals surface area contributed by atoms with Crippen LogP contribution in [0.4, 0.5) is 4.39 Å². The number of fused-ring (bicyclic) bond motifs is 1. The Bertz CT molecular complexity index is 447. The fraction of sp³-hybridized carbons (Fsp3) is 0.200. The highest BCUT2D eigenvalue weighted by Gasteiger charge is 2.11. The van der Waals surface area contributed by atoms with Crippen molar-refractivity contribution in [3.63, 3.8) is 0 Å². The number of thiophene rings is 1. The molecule has 0 N–H and O–H groups in total.